The number of hydrogen-bond acceptors (Lipinski definition) is 4. The second-order valence-electron chi connectivity index (χ2n) is 3.56. The van der Waals surface area contributed by atoms with E-state index in [1.54, 1.807) is 13.0 Å². The van der Waals surface area contributed by atoms with Gasteiger partial charge >= 0.3 is 5.69 Å². The highest BCUT2D eigenvalue weighted by Crippen LogP contribution is 2.28. The largest absolute Gasteiger partial charge is 0.487 e. The summed E-state index contributed by atoms with van der Waals surface area (Å²) in [4.78, 5) is 21.8. The number of benzene rings is 1. The highest BCUT2D eigenvalue weighted by atomic mass is 16.6. The predicted octanol–water partition coefficient (Wildman–Crippen LogP) is 2.98. The Hall–Kier alpha value is -1.91. The van der Waals surface area contributed by atoms with E-state index >= 15 is 0 Å². The van der Waals surface area contributed by atoms with Crippen molar-refractivity contribution in [3.63, 3.8) is 0 Å². The normalized spacial score (nSPS) is 10.0. The lowest BCUT2D eigenvalue weighted by molar-refractivity contribution is -0.385. The van der Waals surface area contributed by atoms with Crippen LogP contribution in [0.1, 0.15) is 37.0 Å². The van der Waals surface area contributed by atoms with Crippen LogP contribution in [0.3, 0.4) is 0 Å². The smallest absolute Gasteiger partial charge is 0.311 e. The van der Waals surface area contributed by atoms with E-state index in [9.17, 15) is 14.9 Å². The van der Waals surface area contributed by atoms with Crippen molar-refractivity contribution in [1.29, 1.82) is 0 Å². The number of carbonyl (C=O) groups is 1. The quantitative estimate of drug-likeness (QED) is 0.433. The second-order valence-corrected chi connectivity index (χ2v) is 3.56. The van der Waals surface area contributed by atoms with Gasteiger partial charge in [-0.05, 0) is 18.6 Å². The average Bonchev–Trinajstić information content (AvgIpc) is 2.35. The lowest BCUT2D eigenvalue weighted by Crippen LogP contribution is -2.02. The topological polar surface area (TPSA) is 69.4 Å². The molecule has 5 heteroatoms. The standard InChI is InChI=1S/C12H15NO4/c1-3-7-17-12-6-5-9(11(14)4-2)8-10(12)13(15)16/h5-6,8H,3-4,7H2,1-2H3. The summed E-state index contributed by atoms with van der Waals surface area (Å²) in [6.45, 7) is 4.05. The molecule has 0 fully saturated rings. The number of carbonyl (C=O) groups excluding carboxylic acids is 1. The number of hydrogen-bond donors (Lipinski definition) is 0. The molecule has 0 heterocycles. The summed E-state index contributed by atoms with van der Waals surface area (Å²) < 4.78 is 5.26. The Bertz CT molecular complexity index is 429. The van der Waals surface area contributed by atoms with Crippen LogP contribution in [0.15, 0.2) is 18.2 Å². The van der Waals surface area contributed by atoms with E-state index in [0.29, 0.717) is 18.6 Å². The molecular formula is C12H15NO4. The molecule has 1 rings (SSSR count). The summed E-state index contributed by atoms with van der Waals surface area (Å²) in [6.07, 6.45) is 1.10. The van der Waals surface area contributed by atoms with Crippen LogP contribution in [0.4, 0.5) is 5.69 Å². The molecule has 0 spiro atoms. The van der Waals surface area contributed by atoms with Crippen LogP contribution in [0, 0.1) is 10.1 Å². The van der Waals surface area contributed by atoms with Crippen molar-refractivity contribution in [3.8, 4) is 5.75 Å². The van der Waals surface area contributed by atoms with E-state index in [-0.39, 0.29) is 17.2 Å². The Morgan fingerprint density at radius 3 is 2.65 bits per heavy atom. The molecule has 0 unspecified atom stereocenters. The van der Waals surface area contributed by atoms with Gasteiger partial charge in [-0.1, -0.05) is 13.8 Å². The molecule has 0 aliphatic carbocycles. The fraction of sp³-hybridized carbons (Fsp3) is 0.417. The van der Waals surface area contributed by atoms with Gasteiger partial charge in [-0.25, -0.2) is 0 Å². The zero-order valence-electron chi connectivity index (χ0n) is 9.93. The van der Waals surface area contributed by atoms with Crippen LogP contribution in [0.25, 0.3) is 0 Å². The number of Topliss-reactive ketones (excluding diaryl/α,β-unsaturated/α-hetero) is 1. The van der Waals surface area contributed by atoms with E-state index in [1.807, 2.05) is 6.92 Å². The van der Waals surface area contributed by atoms with Gasteiger partial charge in [-0.15, -0.1) is 0 Å². The molecule has 0 aliphatic heterocycles. The van der Waals surface area contributed by atoms with Gasteiger partial charge in [0.05, 0.1) is 11.5 Å². The van der Waals surface area contributed by atoms with Gasteiger partial charge in [0.2, 0.25) is 0 Å². The Labute approximate surface area is 99.5 Å². The van der Waals surface area contributed by atoms with E-state index < -0.39 is 4.92 Å². The Morgan fingerprint density at radius 2 is 2.12 bits per heavy atom. The Morgan fingerprint density at radius 1 is 1.41 bits per heavy atom. The SMILES string of the molecule is CCCOc1ccc(C(=O)CC)cc1[N+](=O)[O-]. The molecular weight excluding hydrogens is 222 g/mol. The zero-order valence-corrected chi connectivity index (χ0v) is 9.93. The van der Waals surface area contributed by atoms with Gasteiger partial charge in [0, 0.05) is 18.1 Å². The molecule has 0 bridgehead atoms. The van der Waals surface area contributed by atoms with Gasteiger partial charge in [0.1, 0.15) is 0 Å². The number of nitrogens with zero attached hydrogens (tertiary/aromatic N) is 1. The molecule has 0 saturated heterocycles. The van der Waals surface area contributed by atoms with E-state index in [0.717, 1.165) is 6.42 Å². The molecule has 1 aromatic rings. The first-order valence-corrected chi connectivity index (χ1v) is 5.54. The minimum Gasteiger partial charge on any atom is -0.487 e. The molecule has 0 aliphatic rings. The van der Waals surface area contributed by atoms with Crippen LogP contribution in [-0.4, -0.2) is 17.3 Å². The summed E-state index contributed by atoms with van der Waals surface area (Å²) in [6, 6.07) is 4.32. The summed E-state index contributed by atoms with van der Waals surface area (Å²) in [5, 5.41) is 10.9. The summed E-state index contributed by atoms with van der Waals surface area (Å²) in [5.74, 6) is 0.0969. The maximum atomic E-state index is 11.5. The van der Waals surface area contributed by atoms with Crippen molar-refractivity contribution < 1.29 is 14.5 Å². The number of ether oxygens (including phenoxy) is 1. The predicted molar refractivity (Wildman–Crippen MR) is 63.5 cm³/mol. The van der Waals surface area contributed by atoms with E-state index in [1.165, 1.54) is 12.1 Å². The molecule has 0 saturated carbocycles. The molecule has 0 aromatic heterocycles. The third kappa shape index (κ3) is 3.27. The van der Waals surface area contributed by atoms with E-state index in [2.05, 4.69) is 0 Å². The van der Waals surface area contributed by atoms with Gasteiger partial charge in [0.15, 0.2) is 11.5 Å². The molecule has 92 valence electrons. The Balaban J connectivity index is 3.08. The molecule has 1 aromatic carbocycles. The first kappa shape index (κ1) is 13.2. The molecule has 0 N–H and O–H groups in total. The van der Waals surface area contributed by atoms with Crippen molar-refractivity contribution in [2.24, 2.45) is 0 Å². The van der Waals surface area contributed by atoms with Crippen molar-refractivity contribution in [2.75, 3.05) is 6.61 Å². The third-order valence-electron chi connectivity index (χ3n) is 2.26. The monoisotopic (exact) mass is 237 g/mol. The molecule has 0 amide bonds. The fourth-order valence-electron chi connectivity index (χ4n) is 1.37. The van der Waals surface area contributed by atoms with Gasteiger partial charge < -0.3 is 4.74 Å². The highest BCUT2D eigenvalue weighted by molar-refractivity contribution is 5.96. The zero-order chi connectivity index (χ0) is 12.8. The number of nitro benzene ring substituents is 1. The third-order valence-corrected chi connectivity index (χ3v) is 2.26. The number of nitro groups is 1. The van der Waals surface area contributed by atoms with Crippen LogP contribution in [-0.2, 0) is 0 Å². The minimum atomic E-state index is -0.530. The second kappa shape index (κ2) is 5.98. The van der Waals surface area contributed by atoms with Gasteiger partial charge in [-0.3, -0.25) is 14.9 Å². The Kier molecular flexibility index (Phi) is 4.63. The van der Waals surface area contributed by atoms with Crippen molar-refractivity contribution in [3.05, 3.63) is 33.9 Å². The number of rotatable bonds is 6. The highest BCUT2D eigenvalue weighted by Gasteiger charge is 2.17. The summed E-state index contributed by atoms with van der Waals surface area (Å²) >= 11 is 0. The van der Waals surface area contributed by atoms with Crippen LogP contribution in [0.5, 0.6) is 5.75 Å². The average molecular weight is 237 g/mol. The molecule has 5 nitrogen and oxygen atoms in total. The van der Waals surface area contributed by atoms with Crippen molar-refractivity contribution in [1.82, 2.24) is 0 Å². The molecule has 0 radical (unpaired) electrons. The molecule has 17 heavy (non-hydrogen) atoms. The van der Waals surface area contributed by atoms with E-state index in [4.69, 9.17) is 4.74 Å². The van der Waals surface area contributed by atoms with Crippen LogP contribution in [0.2, 0.25) is 0 Å². The summed E-state index contributed by atoms with van der Waals surface area (Å²) in [5.41, 5.74) is 0.195. The maximum absolute atomic E-state index is 11.5. The van der Waals surface area contributed by atoms with Crippen LogP contribution >= 0.6 is 0 Å². The van der Waals surface area contributed by atoms with Crippen molar-refractivity contribution in [2.45, 2.75) is 26.7 Å². The molecule has 0 atom stereocenters. The first-order valence-electron chi connectivity index (χ1n) is 5.54. The lowest BCUT2D eigenvalue weighted by atomic mass is 10.1. The maximum Gasteiger partial charge on any atom is 0.311 e. The van der Waals surface area contributed by atoms with Gasteiger partial charge in [0.25, 0.3) is 0 Å². The lowest BCUT2D eigenvalue weighted by Gasteiger charge is -2.06. The van der Waals surface area contributed by atoms with Crippen LogP contribution < -0.4 is 4.74 Å². The fourth-order valence-corrected chi connectivity index (χ4v) is 1.37. The van der Waals surface area contributed by atoms with Gasteiger partial charge in [-0.2, -0.15) is 0 Å². The van der Waals surface area contributed by atoms with Crippen molar-refractivity contribution >= 4 is 11.5 Å². The number of ketones is 1. The summed E-state index contributed by atoms with van der Waals surface area (Å²) in [7, 11) is 0. The minimum absolute atomic E-state index is 0.116. The first-order chi connectivity index (χ1) is 8.10.